The quantitative estimate of drug-likeness (QED) is 0.824. The highest BCUT2D eigenvalue weighted by Gasteiger charge is 2.32. The van der Waals surface area contributed by atoms with Gasteiger partial charge in [-0.1, -0.05) is 37.5 Å². The van der Waals surface area contributed by atoms with Gasteiger partial charge in [0.2, 0.25) is 5.91 Å². The molecule has 2 amide bonds. The first-order chi connectivity index (χ1) is 11.6. The maximum absolute atomic E-state index is 12.3. The van der Waals surface area contributed by atoms with Crippen molar-refractivity contribution < 1.29 is 19.5 Å². The Labute approximate surface area is 140 Å². The molecular weight excluding hydrogens is 308 g/mol. The summed E-state index contributed by atoms with van der Waals surface area (Å²) in [5, 5.41) is 12.2. The average Bonchev–Trinajstić information content (AvgIpc) is 2.73. The minimum Gasteiger partial charge on any atom is -0.481 e. The minimum absolute atomic E-state index is 0.0314. The van der Waals surface area contributed by atoms with Crippen LogP contribution >= 0.6 is 0 Å². The molecule has 2 N–H and O–H groups in total. The number of amides is 2. The fraction of sp³-hybridized carbons (Fsp3) is 0.500. The Morgan fingerprint density at radius 2 is 1.92 bits per heavy atom. The van der Waals surface area contributed by atoms with Crippen molar-refractivity contribution in [1.29, 1.82) is 0 Å². The van der Waals surface area contributed by atoms with E-state index in [2.05, 4.69) is 5.32 Å². The molecule has 0 spiro atoms. The molecule has 0 aromatic heterocycles. The van der Waals surface area contributed by atoms with Crippen molar-refractivity contribution in [1.82, 2.24) is 10.2 Å². The van der Waals surface area contributed by atoms with Crippen LogP contribution in [0.3, 0.4) is 0 Å². The van der Waals surface area contributed by atoms with Gasteiger partial charge in [-0.05, 0) is 24.5 Å². The molecule has 0 bridgehead atoms. The van der Waals surface area contributed by atoms with E-state index < -0.39 is 11.9 Å². The van der Waals surface area contributed by atoms with E-state index in [1.165, 1.54) is 4.90 Å². The van der Waals surface area contributed by atoms with E-state index >= 15 is 0 Å². The number of nitrogens with one attached hydrogen (secondary N) is 1. The van der Waals surface area contributed by atoms with Crippen molar-refractivity contribution in [2.75, 3.05) is 6.54 Å². The summed E-state index contributed by atoms with van der Waals surface area (Å²) in [5.74, 6) is -1.82. The van der Waals surface area contributed by atoms with E-state index in [-0.39, 0.29) is 24.4 Å². The molecule has 1 aromatic rings. The normalized spacial score (nSPS) is 23.5. The summed E-state index contributed by atoms with van der Waals surface area (Å²) in [6.07, 6.45) is 4.06. The lowest BCUT2D eigenvalue weighted by atomic mass is 9.95. The second kappa shape index (κ2) is 7.03. The van der Waals surface area contributed by atoms with Gasteiger partial charge in [0.1, 0.15) is 6.54 Å². The Morgan fingerprint density at radius 3 is 2.67 bits per heavy atom. The molecule has 1 aliphatic carbocycles. The van der Waals surface area contributed by atoms with Gasteiger partial charge in [0, 0.05) is 18.2 Å². The number of fused-ring (bicyclic) bond motifs is 1. The van der Waals surface area contributed by atoms with E-state index in [0.717, 1.165) is 24.8 Å². The second-order valence-corrected chi connectivity index (χ2v) is 6.58. The number of hydrogen-bond donors (Lipinski definition) is 2. The number of carbonyl (C=O) groups excluding carboxylic acids is 2. The summed E-state index contributed by atoms with van der Waals surface area (Å²) in [6, 6.07) is 6.98. The standard InChI is InChI=1S/C18H22N2O4/c21-16(19-15-9-3-1-2-8-14(15)18(23)24)11-20-10-12-6-4-5-7-13(12)17(20)22/h4-7,14-15H,1-3,8-11H2,(H,19,21)(H,23,24)/t14-,15+/m1/s1. The summed E-state index contributed by atoms with van der Waals surface area (Å²) >= 11 is 0. The zero-order valence-electron chi connectivity index (χ0n) is 13.5. The first-order valence-corrected chi connectivity index (χ1v) is 8.45. The lowest BCUT2D eigenvalue weighted by Gasteiger charge is -2.24. The van der Waals surface area contributed by atoms with Crippen LogP contribution in [-0.2, 0) is 16.1 Å². The predicted molar refractivity (Wildman–Crippen MR) is 87.3 cm³/mol. The molecule has 1 saturated carbocycles. The van der Waals surface area contributed by atoms with Gasteiger partial charge in [0.05, 0.1) is 5.92 Å². The Kier molecular flexibility index (Phi) is 4.83. The van der Waals surface area contributed by atoms with E-state index in [1.807, 2.05) is 18.2 Å². The predicted octanol–water partition coefficient (Wildman–Crippen LogP) is 1.79. The molecule has 2 atom stereocenters. The van der Waals surface area contributed by atoms with Crippen molar-refractivity contribution >= 4 is 17.8 Å². The summed E-state index contributed by atoms with van der Waals surface area (Å²) in [6.45, 7) is 0.395. The maximum atomic E-state index is 12.3. The number of benzene rings is 1. The zero-order chi connectivity index (χ0) is 17.1. The third-order valence-corrected chi connectivity index (χ3v) is 4.91. The molecule has 128 valence electrons. The lowest BCUT2D eigenvalue weighted by Crippen LogP contribution is -2.46. The topological polar surface area (TPSA) is 86.7 Å². The van der Waals surface area contributed by atoms with Crippen molar-refractivity contribution in [2.24, 2.45) is 5.92 Å². The van der Waals surface area contributed by atoms with Gasteiger partial charge in [-0.3, -0.25) is 14.4 Å². The van der Waals surface area contributed by atoms with E-state index in [9.17, 15) is 19.5 Å². The molecule has 2 aliphatic rings. The first-order valence-electron chi connectivity index (χ1n) is 8.45. The van der Waals surface area contributed by atoms with Gasteiger partial charge in [-0.2, -0.15) is 0 Å². The minimum atomic E-state index is -0.855. The Balaban J connectivity index is 1.61. The number of carboxylic acids is 1. The number of carbonyl (C=O) groups is 3. The van der Waals surface area contributed by atoms with Gasteiger partial charge in [0.15, 0.2) is 0 Å². The molecule has 6 nitrogen and oxygen atoms in total. The molecule has 1 aromatic carbocycles. The molecule has 0 unspecified atom stereocenters. The number of hydrogen-bond acceptors (Lipinski definition) is 3. The number of nitrogens with zero attached hydrogens (tertiary/aromatic N) is 1. The van der Waals surface area contributed by atoms with Gasteiger partial charge in [0.25, 0.3) is 5.91 Å². The van der Waals surface area contributed by atoms with Crippen LogP contribution in [0, 0.1) is 5.92 Å². The molecule has 0 saturated heterocycles. The van der Waals surface area contributed by atoms with Crippen LogP contribution in [0.15, 0.2) is 24.3 Å². The Bertz CT molecular complexity index is 658. The van der Waals surface area contributed by atoms with Gasteiger partial charge >= 0.3 is 5.97 Å². The average molecular weight is 330 g/mol. The summed E-state index contributed by atoms with van der Waals surface area (Å²) < 4.78 is 0. The third-order valence-electron chi connectivity index (χ3n) is 4.91. The monoisotopic (exact) mass is 330 g/mol. The molecule has 0 radical (unpaired) electrons. The SMILES string of the molecule is O=C(CN1Cc2ccccc2C1=O)N[C@H]1CCCCC[C@H]1C(=O)O. The van der Waals surface area contributed by atoms with Crippen LogP contribution in [0.4, 0.5) is 0 Å². The highest BCUT2D eigenvalue weighted by molar-refractivity contribution is 6.00. The molecule has 24 heavy (non-hydrogen) atoms. The van der Waals surface area contributed by atoms with Crippen molar-refractivity contribution in [3.05, 3.63) is 35.4 Å². The molecule has 3 rings (SSSR count). The number of carboxylic acid groups (broad SMARTS) is 1. The highest BCUT2D eigenvalue weighted by Crippen LogP contribution is 2.25. The maximum Gasteiger partial charge on any atom is 0.308 e. The summed E-state index contributed by atoms with van der Waals surface area (Å²) in [4.78, 5) is 37.6. The number of aliphatic carboxylic acids is 1. The van der Waals surface area contributed by atoms with Crippen LogP contribution in [0.2, 0.25) is 0 Å². The molecule has 1 aliphatic heterocycles. The van der Waals surface area contributed by atoms with Crippen LogP contribution in [0.5, 0.6) is 0 Å². The van der Waals surface area contributed by atoms with Gasteiger partial charge < -0.3 is 15.3 Å². The fourth-order valence-electron chi connectivity index (χ4n) is 3.64. The van der Waals surface area contributed by atoms with Crippen molar-refractivity contribution in [2.45, 2.75) is 44.7 Å². The molecule has 1 heterocycles. The van der Waals surface area contributed by atoms with E-state index in [1.54, 1.807) is 6.07 Å². The van der Waals surface area contributed by atoms with Crippen LogP contribution < -0.4 is 5.32 Å². The lowest BCUT2D eigenvalue weighted by molar-refractivity contribution is -0.143. The first kappa shape index (κ1) is 16.5. The highest BCUT2D eigenvalue weighted by atomic mass is 16.4. The fourth-order valence-corrected chi connectivity index (χ4v) is 3.64. The van der Waals surface area contributed by atoms with Crippen molar-refractivity contribution in [3.8, 4) is 0 Å². The van der Waals surface area contributed by atoms with Gasteiger partial charge in [-0.15, -0.1) is 0 Å². The third kappa shape index (κ3) is 3.42. The van der Waals surface area contributed by atoms with Crippen LogP contribution in [0.25, 0.3) is 0 Å². The Hall–Kier alpha value is -2.37. The van der Waals surface area contributed by atoms with Crippen LogP contribution in [-0.4, -0.2) is 40.4 Å². The molecule has 1 fully saturated rings. The van der Waals surface area contributed by atoms with Crippen LogP contribution in [0.1, 0.15) is 48.0 Å². The number of rotatable bonds is 4. The Morgan fingerprint density at radius 1 is 1.17 bits per heavy atom. The van der Waals surface area contributed by atoms with E-state index in [0.29, 0.717) is 24.9 Å². The van der Waals surface area contributed by atoms with E-state index in [4.69, 9.17) is 0 Å². The summed E-state index contributed by atoms with van der Waals surface area (Å²) in [5.41, 5.74) is 1.57. The molecule has 6 heteroatoms. The summed E-state index contributed by atoms with van der Waals surface area (Å²) in [7, 11) is 0. The largest absolute Gasteiger partial charge is 0.481 e. The smallest absolute Gasteiger partial charge is 0.308 e. The van der Waals surface area contributed by atoms with Crippen molar-refractivity contribution in [3.63, 3.8) is 0 Å². The second-order valence-electron chi connectivity index (χ2n) is 6.58. The molecular formula is C18H22N2O4. The zero-order valence-corrected chi connectivity index (χ0v) is 13.5. The van der Waals surface area contributed by atoms with Gasteiger partial charge in [-0.25, -0.2) is 0 Å².